The molecule has 1 aromatic rings. The summed E-state index contributed by atoms with van der Waals surface area (Å²) in [6.45, 7) is 4.92. The molecule has 1 fully saturated rings. The van der Waals surface area contributed by atoms with Crippen molar-refractivity contribution in [2.75, 3.05) is 17.7 Å². The Morgan fingerprint density at radius 2 is 2.17 bits per heavy atom. The van der Waals surface area contributed by atoms with Crippen molar-refractivity contribution in [2.45, 2.75) is 52.0 Å². The fraction of sp³-hybridized carbons (Fsp3) is 0.769. The van der Waals surface area contributed by atoms with Crippen molar-refractivity contribution in [2.24, 2.45) is 5.92 Å². The highest BCUT2D eigenvalue weighted by Gasteiger charge is 2.22. The first kappa shape index (κ1) is 13.5. The van der Waals surface area contributed by atoms with Gasteiger partial charge in [0.25, 0.3) is 0 Å². The molecule has 102 valence electrons. The summed E-state index contributed by atoms with van der Waals surface area (Å²) in [4.78, 5) is 0. The molecule has 4 nitrogen and oxygen atoms in total. The average molecular weight is 269 g/mol. The third kappa shape index (κ3) is 3.07. The van der Waals surface area contributed by atoms with Crippen molar-refractivity contribution in [3.63, 3.8) is 0 Å². The van der Waals surface area contributed by atoms with Gasteiger partial charge in [0.1, 0.15) is 0 Å². The maximum atomic E-state index is 5.83. The maximum Gasteiger partial charge on any atom is 0.197 e. The van der Waals surface area contributed by atoms with Crippen LogP contribution >= 0.6 is 11.5 Å². The molecule has 5 heteroatoms. The first-order valence-corrected chi connectivity index (χ1v) is 7.64. The van der Waals surface area contributed by atoms with Crippen LogP contribution in [0.3, 0.4) is 0 Å². The summed E-state index contributed by atoms with van der Waals surface area (Å²) in [5.41, 5.74) is 5.83. The van der Waals surface area contributed by atoms with E-state index in [1.54, 1.807) is 0 Å². The zero-order valence-electron chi connectivity index (χ0n) is 11.2. The second-order valence-electron chi connectivity index (χ2n) is 5.03. The van der Waals surface area contributed by atoms with Crippen molar-refractivity contribution < 1.29 is 4.74 Å². The number of hydrogen-bond acceptors (Lipinski definition) is 5. The first-order chi connectivity index (χ1) is 8.72. The molecular weight excluding hydrogens is 246 g/mol. The largest absolute Gasteiger partial charge is 0.487 e. The highest BCUT2D eigenvalue weighted by Crippen LogP contribution is 2.37. The van der Waals surface area contributed by atoms with Gasteiger partial charge in [0.2, 0.25) is 0 Å². The molecule has 0 radical (unpaired) electrons. The molecule has 1 saturated carbocycles. The molecule has 1 aromatic heterocycles. The van der Waals surface area contributed by atoms with E-state index >= 15 is 0 Å². The number of nitrogens with two attached hydrogens (primary N) is 1. The Morgan fingerprint density at radius 1 is 1.39 bits per heavy atom. The number of hydrogen-bond donors (Lipinski definition) is 2. The summed E-state index contributed by atoms with van der Waals surface area (Å²) in [6, 6.07) is 0.520. The standard InChI is InChI=1S/C13H23N3OS/c1-3-17-11-12(14)16-18-13(11)15-10-8-6-4-5-7-9(10)2/h9-10,15H,3-8H2,1-2H3,(H2,14,16). The highest BCUT2D eigenvalue weighted by atomic mass is 32.1. The van der Waals surface area contributed by atoms with Gasteiger partial charge < -0.3 is 15.8 Å². The second-order valence-corrected chi connectivity index (χ2v) is 5.80. The lowest BCUT2D eigenvalue weighted by molar-refractivity contribution is 0.343. The minimum Gasteiger partial charge on any atom is -0.487 e. The molecule has 0 spiro atoms. The van der Waals surface area contributed by atoms with Crippen LogP contribution in [-0.2, 0) is 0 Å². The molecule has 0 bridgehead atoms. The van der Waals surface area contributed by atoms with Gasteiger partial charge in [0, 0.05) is 6.04 Å². The summed E-state index contributed by atoms with van der Waals surface area (Å²) in [5, 5.41) is 4.59. The summed E-state index contributed by atoms with van der Waals surface area (Å²) >= 11 is 1.41. The van der Waals surface area contributed by atoms with E-state index in [0.717, 1.165) is 10.8 Å². The van der Waals surface area contributed by atoms with E-state index in [2.05, 4.69) is 16.6 Å². The van der Waals surface area contributed by atoms with E-state index in [1.165, 1.54) is 43.6 Å². The molecule has 1 aliphatic carbocycles. The van der Waals surface area contributed by atoms with E-state index in [1.807, 2.05) is 6.92 Å². The van der Waals surface area contributed by atoms with Crippen LogP contribution in [0.25, 0.3) is 0 Å². The molecule has 0 amide bonds. The molecular formula is C13H23N3OS. The van der Waals surface area contributed by atoms with E-state index < -0.39 is 0 Å². The minimum absolute atomic E-state index is 0.505. The topological polar surface area (TPSA) is 60.2 Å². The molecule has 2 unspecified atom stereocenters. The van der Waals surface area contributed by atoms with Crippen LogP contribution < -0.4 is 15.8 Å². The SMILES string of the molecule is CCOc1c(N)nsc1NC1CCCCCC1C. The van der Waals surface area contributed by atoms with Crippen molar-refractivity contribution >= 4 is 22.4 Å². The molecule has 2 rings (SSSR count). The van der Waals surface area contributed by atoms with Gasteiger partial charge in [-0.15, -0.1) is 0 Å². The Bertz CT molecular complexity index is 380. The summed E-state index contributed by atoms with van der Waals surface area (Å²) in [7, 11) is 0. The number of ether oxygens (including phenoxy) is 1. The first-order valence-electron chi connectivity index (χ1n) is 6.86. The number of anilines is 2. The third-order valence-corrected chi connectivity index (χ3v) is 4.41. The highest BCUT2D eigenvalue weighted by molar-refractivity contribution is 7.11. The van der Waals surface area contributed by atoms with Crippen molar-refractivity contribution in [1.82, 2.24) is 4.37 Å². The fourth-order valence-corrected chi connectivity index (χ4v) is 3.27. The van der Waals surface area contributed by atoms with Crippen LogP contribution in [0, 0.1) is 5.92 Å². The van der Waals surface area contributed by atoms with E-state index in [9.17, 15) is 0 Å². The molecule has 1 heterocycles. The monoisotopic (exact) mass is 269 g/mol. The van der Waals surface area contributed by atoms with Gasteiger partial charge in [-0.25, -0.2) is 0 Å². The Labute approximate surface area is 113 Å². The predicted molar refractivity (Wildman–Crippen MR) is 77.4 cm³/mol. The van der Waals surface area contributed by atoms with E-state index in [0.29, 0.717) is 24.4 Å². The lowest BCUT2D eigenvalue weighted by Crippen LogP contribution is -2.26. The van der Waals surface area contributed by atoms with Gasteiger partial charge in [-0.3, -0.25) is 0 Å². The molecule has 1 aliphatic rings. The van der Waals surface area contributed by atoms with Gasteiger partial charge in [0.05, 0.1) is 6.61 Å². The van der Waals surface area contributed by atoms with Gasteiger partial charge in [0.15, 0.2) is 16.6 Å². The summed E-state index contributed by atoms with van der Waals surface area (Å²) in [6.07, 6.45) is 6.54. The van der Waals surface area contributed by atoms with Crippen LogP contribution in [0.5, 0.6) is 5.75 Å². The van der Waals surface area contributed by atoms with Crippen molar-refractivity contribution in [3.8, 4) is 5.75 Å². The number of nitrogens with zero attached hydrogens (tertiary/aromatic N) is 1. The van der Waals surface area contributed by atoms with Crippen LogP contribution in [0.1, 0.15) is 46.0 Å². The normalized spacial score (nSPS) is 24.6. The smallest absolute Gasteiger partial charge is 0.197 e. The Kier molecular flexibility index (Phi) is 4.69. The third-order valence-electron chi connectivity index (χ3n) is 3.64. The second kappa shape index (κ2) is 6.27. The van der Waals surface area contributed by atoms with Crippen LogP contribution in [0.2, 0.25) is 0 Å². The van der Waals surface area contributed by atoms with Gasteiger partial charge >= 0.3 is 0 Å². The molecule has 2 atom stereocenters. The molecule has 0 aliphatic heterocycles. The molecule has 0 saturated heterocycles. The Balaban J connectivity index is 2.07. The van der Waals surface area contributed by atoms with Gasteiger partial charge in [-0.05, 0) is 37.2 Å². The zero-order valence-corrected chi connectivity index (χ0v) is 12.1. The molecule has 0 aromatic carbocycles. The lowest BCUT2D eigenvalue weighted by atomic mass is 9.97. The number of rotatable bonds is 4. The summed E-state index contributed by atoms with van der Waals surface area (Å²) in [5.74, 6) is 1.94. The van der Waals surface area contributed by atoms with E-state index in [4.69, 9.17) is 10.5 Å². The average Bonchev–Trinajstić information content (AvgIpc) is 2.57. The molecule has 18 heavy (non-hydrogen) atoms. The number of nitrogen functional groups attached to an aromatic ring is 1. The Morgan fingerprint density at radius 3 is 2.94 bits per heavy atom. The zero-order chi connectivity index (χ0) is 13.0. The van der Waals surface area contributed by atoms with Gasteiger partial charge in [-0.1, -0.05) is 26.2 Å². The van der Waals surface area contributed by atoms with Crippen LogP contribution in [-0.4, -0.2) is 17.0 Å². The Hall–Kier alpha value is -0.970. The molecule has 3 N–H and O–H groups in total. The van der Waals surface area contributed by atoms with E-state index in [-0.39, 0.29) is 0 Å². The van der Waals surface area contributed by atoms with Gasteiger partial charge in [-0.2, -0.15) is 4.37 Å². The minimum atomic E-state index is 0.505. The van der Waals surface area contributed by atoms with Crippen molar-refractivity contribution in [3.05, 3.63) is 0 Å². The predicted octanol–water partition coefficient (Wildman–Crippen LogP) is 3.50. The lowest BCUT2D eigenvalue weighted by Gasteiger charge is -2.23. The number of nitrogens with one attached hydrogen (secondary N) is 1. The quantitative estimate of drug-likeness (QED) is 0.821. The van der Waals surface area contributed by atoms with Crippen molar-refractivity contribution in [1.29, 1.82) is 0 Å². The fourth-order valence-electron chi connectivity index (χ4n) is 2.55. The summed E-state index contributed by atoms with van der Waals surface area (Å²) < 4.78 is 9.76. The number of aromatic nitrogens is 1. The van der Waals surface area contributed by atoms with Crippen LogP contribution in [0.4, 0.5) is 10.8 Å². The maximum absolute atomic E-state index is 5.83. The van der Waals surface area contributed by atoms with Crippen LogP contribution in [0.15, 0.2) is 0 Å².